The number of phenols is 1. The van der Waals surface area contributed by atoms with E-state index in [0.717, 1.165) is 39.0 Å². The Morgan fingerprint density at radius 1 is 0.595 bits per heavy atom. The molecule has 0 amide bonds. The Kier molecular flexibility index (Phi) is 6.73. The van der Waals surface area contributed by atoms with Crippen molar-refractivity contribution in [3.63, 3.8) is 0 Å². The molecule has 0 radical (unpaired) electrons. The average Bonchev–Trinajstić information content (AvgIpc) is 3.41. The molecule has 4 aromatic carbocycles. The maximum Gasteiger partial charge on any atom is 0.231 e. The zero-order valence-electron chi connectivity index (χ0n) is 25.1. The van der Waals surface area contributed by atoms with E-state index in [1.54, 1.807) is 12.1 Å². The lowest BCUT2D eigenvalue weighted by Crippen LogP contribution is -2.19. The molecule has 0 unspecified atom stereocenters. The van der Waals surface area contributed by atoms with Gasteiger partial charge < -0.3 is 9.52 Å². The van der Waals surface area contributed by atoms with Crippen molar-refractivity contribution < 1.29 is 9.52 Å². The molecule has 2 heterocycles. The Balaban J connectivity index is 1.62. The van der Waals surface area contributed by atoms with E-state index in [0.29, 0.717) is 17.0 Å². The molecule has 210 valence electrons. The second-order valence-corrected chi connectivity index (χ2v) is 12.9. The monoisotopic (exact) mass is 552 g/mol. The van der Waals surface area contributed by atoms with Gasteiger partial charge in [0.25, 0.3) is 0 Å². The Hall–Kier alpha value is -4.70. The van der Waals surface area contributed by atoms with Gasteiger partial charge in [-0.1, -0.05) is 102 Å². The molecule has 42 heavy (non-hydrogen) atoms. The molecule has 2 aromatic heterocycles. The van der Waals surface area contributed by atoms with Gasteiger partial charge in [-0.05, 0) is 75.0 Å². The van der Waals surface area contributed by atoms with Crippen LogP contribution >= 0.6 is 0 Å². The number of phenolic OH excluding ortho intramolecular Hbond substituents is 1. The van der Waals surface area contributed by atoms with Gasteiger partial charge in [0.15, 0.2) is 5.58 Å². The van der Waals surface area contributed by atoms with Crippen LogP contribution in [0.3, 0.4) is 0 Å². The number of aromatic hydroxyl groups is 1. The summed E-state index contributed by atoms with van der Waals surface area (Å²) in [6.07, 6.45) is 1.90. The average molecular weight is 553 g/mol. The van der Waals surface area contributed by atoms with Crippen LogP contribution in [0.15, 0.2) is 108 Å². The molecular formula is C38H36N2O2. The maximum atomic E-state index is 10.5. The third-order valence-corrected chi connectivity index (χ3v) is 7.76. The third-order valence-electron chi connectivity index (χ3n) is 7.76. The Morgan fingerprint density at radius 2 is 1.26 bits per heavy atom. The summed E-state index contributed by atoms with van der Waals surface area (Å²) in [6, 6.07) is 32.5. The van der Waals surface area contributed by atoms with Gasteiger partial charge in [0.1, 0.15) is 11.3 Å². The van der Waals surface area contributed by atoms with Crippen molar-refractivity contribution in [2.24, 2.45) is 0 Å². The maximum absolute atomic E-state index is 10.5. The summed E-state index contributed by atoms with van der Waals surface area (Å²) in [5.41, 5.74) is 10.7. The number of hydrogen-bond donors (Lipinski definition) is 1. The van der Waals surface area contributed by atoms with E-state index in [4.69, 9.17) is 14.4 Å². The predicted molar refractivity (Wildman–Crippen MR) is 173 cm³/mol. The van der Waals surface area contributed by atoms with Crippen molar-refractivity contribution in [1.29, 1.82) is 0 Å². The number of benzene rings is 4. The van der Waals surface area contributed by atoms with Gasteiger partial charge in [-0.15, -0.1) is 0 Å². The smallest absolute Gasteiger partial charge is 0.231 e. The first-order valence-electron chi connectivity index (χ1n) is 14.4. The summed E-state index contributed by atoms with van der Waals surface area (Å²) in [6.45, 7) is 13.5. The summed E-state index contributed by atoms with van der Waals surface area (Å²) in [4.78, 5) is 9.82. The van der Waals surface area contributed by atoms with Crippen LogP contribution in [0.4, 0.5) is 0 Å². The largest absolute Gasteiger partial charge is 0.507 e. The second kappa shape index (κ2) is 10.3. The van der Waals surface area contributed by atoms with E-state index in [2.05, 4.69) is 96.1 Å². The van der Waals surface area contributed by atoms with Crippen LogP contribution in [0.5, 0.6) is 5.75 Å². The fourth-order valence-electron chi connectivity index (χ4n) is 5.60. The summed E-state index contributed by atoms with van der Waals surface area (Å²) in [7, 11) is 0. The summed E-state index contributed by atoms with van der Waals surface area (Å²) < 4.78 is 6.20. The zero-order chi connectivity index (χ0) is 29.6. The van der Waals surface area contributed by atoms with Gasteiger partial charge in [0, 0.05) is 17.3 Å². The predicted octanol–water partition coefficient (Wildman–Crippen LogP) is 10.2. The van der Waals surface area contributed by atoms with Crippen LogP contribution in [0.1, 0.15) is 52.7 Å². The first kappa shape index (κ1) is 27.5. The van der Waals surface area contributed by atoms with Crippen LogP contribution in [0.25, 0.3) is 56.1 Å². The number of para-hydroxylation sites is 2. The highest BCUT2D eigenvalue weighted by molar-refractivity contribution is 5.95. The molecule has 0 saturated heterocycles. The Morgan fingerprint density at radius 3 is 1.98 bits per heavy atom. The van der Waals surface area contributed by atoms with Crippen molar-refractivity contribution in [3.05, 3.63) is 114 Å². The molecule has 0 aliphatic heterocycles. The van der Waals surface area contributed by atoms with E-state index < -0.39 is 0 Å². The van der Waals surface area contributed by atoms with Crippen LogP contribution in [-0.4, -0.2) is 15.1 Å². The quantitative estimate of drug-likeness (QED) is 0.236. The lowest BCUT2D eigenvalue weighted by molar-refractivity contribution is 0.474. The molecule has 0 aliphatic rings. The highest BCUT2D eigenvalue weighted by Gasteiger charge is 2.28. The van der Waals surface area contributed by atoms with Gasteiger partial charge in [-0.2, -0.15) is 0 Å². The van der Waals surface area contributed by atoms with E-state index >= 15 is 0 Å². The number of rotatable bonds is 4. The first-order chi connectivity index (χ1) is 20.0. The lowest BCUT2D eigenvalue weighted by Gasteiger charge is -2.30. The molecule has 0 aliphatic carbocycles. The minimum Gasteiger partial charge on any atom is -0.507 e. The molecule has 0 bridgehead atoms. The molecule has 0 atom stereocenters. The molecule has 6 aromatic rings. The molecule has 6 rings (SSSR count). The van der Waals surface area contributed by atoms with Crippen molar-refractivity contribution in [2.75, 3.05) is 0 Å². The van der Waals surface area contributed by atoms with Gasteiger partial charge >= 0.3 is 0 Å². The molecule has 4 heteroatoms. The second-order valence-electron chi connectivity index (χ2n) is 12.9. The van der Waals surface area contributed by atoms with Gasteiger partial charge in [0.2, 0.25) is 5.89 Å². The fraction of sp³-hybridized carbons (Fsp3) is 0.211. The summed E-state index contributed by atoms with van der Waals surface area (Å²) >= 11 is 0. The fourth-order valence-corrected chi connectivity index (χ4v) is 5.60. The van der Waals surface area contributed by atoms with Crippen LogP contribution < -0.4 is 0 Å². The van der Waals surface area contributed by atoms with Crippen molar-refractivity contribution in [1.82, 2.24) is 9.97 Å². The van der Waals surface area contributed by atoms with Gasteiger partial charge in [0.05, 0.1) is 11.3 Å². The SMILES string of the molecule is CC(C)(C)c1cc(C(C)(C)C)c(-c2cccc3oc(-c4ccccc4O)nc23)cc1-c1cc(-c2ccccc2)ccn1. The first-order valence-corrected chi connectivity index (χ1v) is 14.4. The minimum absolute atomic E-state index is 0.115. The van der Waals surface area contributed by atoms with Crippen LogP contribution in [-0.2, 0) is 10.8 Å². The van der Waals surface area contributed by atoms with Gasteiger partial charge in [-0.3, -0.25) is 4.98 Å². The highest BCUT2D eigenvalue weighted by Crippen LogP contribution is 2.44. The third kappa shape index (κ3) is 5.09. The number of aromatic nitrogens is 2. The lowest BCUT2D eigenvalue weighted by atomic mass is 9.74. The van der Waals surface area contributed by atoms with Crippen LogP contribution in [0, 0.1) is 0 Å². The van der Waals surface area contributed by atoms with Crippen molar-refractivity contribution >= 4 is 11.1 Å². The molecule has 4 nitrogen and oxygen atoms in total. The molecular weight excluding hydrogens is 516 g/mol. The number of pyridine rings is 1. The number of oxazole rings is 1. The standard InChI is InChI=1S/C38H36N2O2/c1-37(2,3)30-23-31(38(4,5)6)29(32-21-25(19-20-39-32)24-13-8-7-9-14-24)22-28(30)26-16-12-18-34-35(26)40-36(42-34)27-15-10-11-17-33(27)41/h7-23,41H,1-6H3. The molecule has 0 fully saturated rings. The number of hydrogen-bond acceptors (Lipinski definition) is 4. The zero-order valence-corrected chi connectivity index (χ0v) is 25.1. The van der Waals surface area contributed by atoms with Crippen molar-refractivity contribution in [3.8, 4) is 50.7 Å². The topological polar surface area (TPSA) is 59.2 Å². The van der Waals surface area contributed by atoms with E-state index in [1.165, 1.54) is 11.1 Å². The molecule has 0 saturated carbocycles. The molecule has 0 spiro atoms. The number of fused-ring (bicyclic) bond motifs is 1. The van der Waals surface area contributed by atoms with Crippen LogP contribution in [0.2, 0.25) is 0 Å². The summed E-state index contributed by atoms with van der Waals surface area (Å²) in [5.74, 6) is 0.541. The van der Waals surface area contributed by atoms with Gasteiger partial charge in [-0.25, -0.2) is 4.98 Å². The Labute approximate surface area is 247 Å². The summed E-state index contributed by atoms with van der Waals surface area (Å²) in [5, 5.41) is 10.5. The van der Waals surface area contributed by atoms with E-state index in [-0.39, 0.29) is 16.6 Å². The van der Waals surface area contributed by atoms with E-state index in [9.17, 15) is 5.11 Å². The minimum atomic E-state index is -0.139. The Bertz CT molecular complexity index is 1900. The molecule has 1 N–H and O–H groups in total. The van der Waals surface area contributed by atoms with Crippen molar-refractivity contribution in [2.45, 2.75) is 52.4 Å². The normalized spacial score (nSPS) is 12.1. The number of nitrogens with zero attached hydrogens (tertiary/aromatic N) is 2. The highest BCUT2D eigenvalue weighted by atomic mass is 16.3. The van der Waals surface area contributed by atoms with E-state index in [1.807, 2.05) is 36.5 Å².